The fraction of sp³-hybridized carbons (Fsp3) is 0.533. The minimum atomic E-state index is -0.280. The Bertz CT molecular complexity index is 440. The van der Waals surface area contributed by atoms with Crippen molar-refractivity contribution < 1.29 is 4.79 Å². The zero-order valence-corrected chi connectivity index (χ0v) is 13.5. The normalized spacial score (nSPS) is 15.2. The van der Waals surface area contributed by atoms with Crippen LogP contribution in [-0.2, 0) is 10.3 Å². The molecule has 1 aliphatic rings. The molecule has 1 fully saturated rings. The summed E-state index contributed by atoms with van der Waals surface area (Å²) in [6.45, 7) is 5.79. The molecule has 0 atom stereocenters. The monoisotopic (exact) mass is 316 g/mol. The highest BCUT2D eigenvalue weighted by Crippen LogP contribution is 2.30. The largest absolute Gasteiger partial charge is 0.346 e. The van der Waals surface area contributed by atoms with Crippen LogP contribution in [0, 0.1) is 5.92 Å². The summed E-state index contributed by atoms with van der Waals surface area (Å²) in [4.78, 5) is 12.2. The van der Waals surface area contributed by atoms with E-state index in [4.69, 9.17) is 11.6 Å². The Hall–Kier alpha value is -0.770. The lowest BCUT2D eigenvalue weighted by Gasteiger charge is -2.37. The molecule has 0 bridgehead atoms. The van der Waals surface area contributed by atoms with Crippen LogP contribution < -0.4 is 10.6 Å². The van der Waals surface area contributed by atoms with Gasteiger partial charge in [0.1, 0.15) is 0 Å². The Morgan fingerprint density at radius 2 is 1.85 bits per heavy atom. The molecule has 1 saturated heterocycles. The smallest absolute Gasteiger partial charge is 0.226 e. The molecule has 2 N–H and O–H groups in total. The molecular formula is C15H22Cl2N2O. The number of amides is 1. The quantitative estimate of drug-likeness (QED) is 0.876. The van der Waals surface area contributed by atoms with E-state index in [1.165, 1.54) is 0 Å². The molecule has 3 nitrogen and oxygen atoms in total. The SMILES string of the molecule is CCC(CC)(NC(=O)C1CNC1)c1ccc(Cl)cc1.Cl. The van der Waals surface area contributed by atoms with Crippen molar-refractivity contribution in [3.63, 3.8) is 0 Å². The fourth-order valence-electron chi connectivity index (χ4n) is 2.49. The maximum absolute atomic E-state index is 12.2. The van der Waals surface area contributed by atoms with Gasteiger partial charge in [-0.25, -0.2) is 0 Å². The number of carbonyl (C=O) groups is 1. The van der Waals surface area contributed by atoms with Gasteiger partial charge in [0.2, 0.25) is 5.91 Å². The van der Waals surface area contributed by atoms with Gasteiger partial charge in [0.05, 0.1) is 11.5 Å². The first kappa shape index (κ1) is 17.3. The van der Waals surface area contributed by atoms with Crippen LogP contribution in [0.4, 0.5) is 0 Å². The molecule has 2 rings (SSSR count). The molecule has 1 aromatic rings. The third-order valence-electron chi connectivity index (χ3n) is 4.12. The summed E-state index contributed by atoms with van der Waals surface area (Å²) < 4.78 is 0. The molecule has 0 aliphatic carbocycles. The van der Waals surface area contributed by atoms with Crippen LogP contribution in [-0.4, -0.2) is 19.0 Å². The lowest BCUT2D eigenvalue weighted by atomic mass is 9.83. The van der Waals surface area contributed by atoms with Gasteiger partial charge in [-0.3, -0.25) is 4.79 Å². The molecular weight excluding hydrogens is 295 g/mol. The van der Waals surface area contributed by atoms with Gasteiger partial charge >= 0.3 is 0 Å². The third-order valence-corrected chi connectivity index (χ3v) is 4.37. The van der Waals surface area contributed by atoms with E-state index in [0.29, 0.717) is 0 Å². The molecule has 5 heteroatoms. The van der Waals surface area contributed by atoms with Crippen molar-refractivity contribution in [1.29, 1.82) is 0 Å². The van der Waals surface area contributed by atoms with E-state index >= 15 is 0 Å². The van der Waals surface area contributed by atoms with E-state index in [2.05, 4.69) is 24.5 Å². The Morgan fingerprint density at radius 1 is 1.30 bits per heavy atom. The lowest BCUT2D eigenvalue weighted by molar-refractivity contribution is -0.128. The minimum absolute atomic E-state index is 0. The summed E-state index contributed by atoms with van der Waals surface area (Å²) in [5.74, 6) is 0.266. The van der Waals surface area contributed by atoms with Crippen molar-refractivity contribution >= 4 is 29.9 Å². The zero-order valence-electron chi connectivity index (χ0n) is 11.9. The van der Waals surface area contributed by atoms with E-state index < -0.39 is 0 Å². The van der Waals surface area contributed by atoms with Crippen LogP contribution in [0.25, 0.3) is 0 Å². The van der Waals surface area contributed by atoms with Gasteiger partial charge in [0.15, 0.2) is 0 Å². The Balaban J connectivity index is 0.00000200. The molecule has 1 heterocycles. The van der Waals surface area contributed by atoms with Crippen LogP contribution >= 0.6 is 24.0 Å². The zero-order chi connectivity index (χ0) is 13.9. The van der Waals surface area contributed by atoms with E-state index in [1.54, 1.807) is 0 Å². The number of hydrogen-bond donors (Lipinski definition) is 2. The van der Waals surface area contributed by atoms with E-state index in [0.717, 1.165) is 36.5 Å². The van der Waals surface area contributed by atoms with Gasteiger partial charge in [-0.1, -0.05) is 37.6 Å². The first-order valence-electron chi connectivity index (χ1n) is 6.90. The van der Waals surface area contributed by atoms with E-state index in [9.17, 15) is 4.79 Å². The highest BCUT2D eigenvalue weighted by Gasteiger charge is 2.34. The predicted molar refractivity (Wildman–Crippen MR) is 85.5 cm³/mol. The average Bonchev–Trinajstić information content (AvgIpc) is 2.35. The highest BCUT2D eigenvalue weighted by molar-refractivity contribution is 6.30. The Morgan fingerprint density at radius 3 is 2.25 bits per heavy atom. The molecule has 0 radical (unpaired) electrons. The highest BCUT2D eigenvalue weighted by atomic mass is 35.5. The van der Waals surface area contributed by atoms with Gasteiger partial charge in [0, 0.05) is 18.1 Å². The van der Waals surface area contributed by atoms with E-state index in [1.807, 2.05) is 24.3 Å². The second-order valence-electron chi connectivity index (χ2n) is 5.14. The maximum atomic E-state index is 12.2. The summed E-state index contributed by atoms with van der Waals surface area (Å²) in [5, 5.41) is 7.10. The molecule has 20 heavy (non-hydrogen) atoms. The number of halogens is 2. The first-order chi connectivity index (χ1) is 9.11. The van der Waals surface area contributed by atoms with Crippen LogP contribution in [0.2, 0.25) is 5.02 Å². The first-order valence-corrected chi connectivity index (χ1v) is 7.28. The molecule has 0 unspecified atom stereocenters. The van der Waals surface area contributed by atoms with Gasteiger partial charge in [-0.05, 0) is 30.5 Å². The Kier molecular flexibility index (Phi) is 6.31. The molecule has 1 amide bonds. The molecule has 0 aromatic heterocycles. The topological polar surface area (TPSA) is 41.1 Å². The van der Waals surface area contributed by atoms with Gasteiger partial charge in [-0.2, -0.15) is 0 Å². The summed E-state index contributed by atoms with van der Waals surface area (Å²) in [6, 6.07) is 7.78. The second kappa shape index (κ2) is 7.30. The molecule has 1 aromatic carbocycles. The number of nitrogens with one attached hydrogen (secondary N) is 2. The Labute approximate surface area is 131 Å². The summed E-state index contributed by atoms with van der Waals surface area (Å²) in [5.41, 5.74) is 0.847. The molecule has 0 spiro atoms. The molecule has 1 aliphatic heterocycles. The second-order valence-corrected chi connectivity index (χ2v) is 5.58. The van der Waals surface area contributed by atoms with Crippen LogP contribution in [0.1, 0.15) is 32.3 Å². The maximum Gasteiger partial charge on any atom is 0.226 e. The van der Waals surface area contributed by atoms with Gasteiger partial charge < -0.3 is 10.6 Å². The van der Waals surface area contributed by atoms with Crippen molar-refractivity contribution in [2.45, 2.75) is 32.2 Å². The van der Waals surface area contributed by atoms with Gasteiger partial charge in [0.25, 0.3) is 0 Å². The van der Waals surface area contributed by atoms with Crippen LogP contribution in [0.5, 0.6) is 0 Å². The minimum Gasteiger partial charge on any atom is -0.346 e. The standard InChI is InChI=1S/C15H21ClN2O.ClH/c1-3-15(4-2,12-5-7-13(16)8-6-12)18-14(19)11-9-17-10-11;/h5-8,11,17H,3-4,9-10H2,1-2H3,(H,18,19);1H. The number of benzene rings is 1. The van der Waals surface area contributed by atoms with Crippen molar-refractivity contribution in [3.8, 4) is 0 Å². The van der Waals surface area contributed by atoms with Crippen molar-refractivity contribution in [1.82, 2.24) is 10.6 Å². The number of hydrogen-bond acceptors (Lipinski definition) is 2. The summed E-state index contributed by atoms with van der Waals surface area (Å²) >= 11 is 5.94. The summed E-state index contributed by atoms with van der Waals surface area (Å²) in [6.07, 6.45) is 1.74. The number of carbonyl (C=O) groups excluding carboxylic acids is 1. The molecule has 112 valence electrons. The van der Waals surface area contributed by atoms with Crippen molar-refractivity contribution in [2.24, 2.45) is 5.92 Å². The fourth-order valence-corrected chi connectivity index (χ4v) is 2.61. The van der Waals surface area contributed by atoms with Gasteiger partial charge in [-0.15, -0.1) is 12.4 Å². The number of rotatable bonds is 5. The van der Waals surface area contributed by atoms with Crippen LogP contribution in [0.3, 0.4) is 0 Å². The van der Waals surface area contributed by atoms with Crippen molar-refractivity contribution in [3.05, 3.63) is 34.9 Å². The summed E-state index contributed by atoms with van der Waals surface area (Å²) in [7, 11) is 0. The van der Waals surface area contributed by atoms with Crippen LogP contribution in [0.15, 0.2) is 24.3 Å². The molecule has 0 saturated carbocycles. The van der Waals surface area contributed by atoms with E-state index in [-0.39, 0.29) is 29.8 Å². The predicted octanol–water partition coefficient (Wildman–Crippen LogP) is 3.11. The van der Waals surface area contributed by atoms with Crippen molar-refractivity contribution in [2.75, 3.05) is 13.1 Å². The third kappa shape index (κ3) is 3.46. The lowest BCUT2D eigenvalue weighted by Crippen LogP contribution is -2.55. The average molecular weight is 317 g/mol.